The highest BCUT2D eigenvalue weighted by Crippen LogP contribution is 2.33. The lowest BCUT2D eigenvalue weighted by Gasteiger charge is -2.13. The molecule has 1 heterocycles. The molecule has 1 unspecified atom stereocenters. The number of rotatable bonds is 5. The van der Waals surface area contributed by atoms with Crippen LogP contribution in [0.15, 0.2) is 18.2 Å². The van der Waals surface area contributed by atoms with Crippen molar-refractivity contribution in [3.63, 3.8) is 0 Å². The van der Waals surface area contributed by atoms with E-state index in [0.717, 1.165) is 37.2 Å². The number of ether oxygens (including phenoxy) is 1. The molecule has 3 rings (SSSR count). The molecular weight excluding hydrogens is 230 g/mol. The summed E-state index contributed by atoms with van der Waals surface area (Å²) in [6.45, 7) is 1.37. The third-order valence-corrected chi connectivity index (χ3v) is 3.64. The molecule has 1 saturated carbocycles. The largest absolute Gasteiger partial charge is 0.493 e. The van der Waals surface area contributed by atoms with Crippen LogP contribution in [-0.4, -0.2) is 23.7 Å². The van der Waals surface area contributed by atoms with E-state index in [-0.39, 0.29) is 0 Å². The summed E-state index contributed by atoms with van der Waals surface area (Å²) < 4.78 is 5.45. The number of carboxylic acid groups (broad SMARTS) is 1. The maximum Gasteiger partial charge on any atom is 0.320 e. The number of nitrogens with one attached hydrogen (secondary N) is 1. The first-order valence-corrected chi connectivity index (χ1v) is 6.45. The lowest BCUT2D eigenvalue weighted by Crippen LogP contribution is -2.38. The van der Waals surface area contributed by atoms with Crippen LogP contribution in [-0.2, 0) is 17.8 Å². The molecule has 0 spiro atoms. The monoisotopic (exact) mass is 247 g/mol. The molecule has 4 nitrogen and oxygen atoms in total. The molecule has 1 aliphatic heterocycles. The van der Waals surface area contributed by atoms with Gasteiger partial charge in [-0.1, -0.05) is 12.1 Å². The molecule has 2 aliphatic rings. The molecule has 1 aromatic rings. The molecule has 4 heteroatoms. The Bertz CT molecular complexity index is 468. The van der Waals surface area contributed by atoms with Crippen molar-refractivity contribution in [1.82, 2.24) is 5.32 Å². The van der Waals surface area contributed by atoms with Gasteiger partial charge in [-0.25, -0.2) is 0 Å². The molecule has 18 heavy (non-hydrogen) atoms. The zero-order valence-electron chi connectivity index (χ0n) is 10.2. The summed E-state index contributed by atoms with van der Waals surface area (Å²) in [5.41, 5.74) is 2.36. The molecule has 2 N–H and O–H groups in total. The van der Waals surface area contributed by atoms with Gasteiger partial charge in [0.25, 0.3) is 0 Å². The average molecular weight is 247 g/mol. The van der Waals surface area contributed by atoms with Crippen molar-refractivity contribution in [2.45, 2.75) is 31.8 Å². The fraction of sp³-hybridized carbons (Fsp3) is 0.500. The predicted molar refractivity (Wildman–Crippen MR) is 66.6 cm³/mol. The van der Waals surface area contributed by atoms with Crippen LogP contribution in [0.3, 0.4) is 0 Å². The highest BCUT2D eigenvalue weighted by molar-refractivity contribution is 5.74. The zero-order chi connectivity index (χ0) is 12.5. The summed E-state index contributed by atoms with van der Waals surface area (Å²) in [6.07, 6.45) is 3.01. The second kappa shape index (κ2) is 4.61. The molecule has 0 radical (unpaired) electrons. The van der Waals surface area contributed by atoms with E-state index in [1.54, 1.807) is 0 Å². The Morgan fingerprint density at radius 3 is 3.06 bits per heavy atom. The van der Waals surface area contributed by atoms with Crippen LogP contribution in [0.4, 0.5) is 0 Å². The Balaban J connectivity index is 1.64. The minimum Gasteiger partial charge on any atom is -0.493 e. The fourth-order valence-corrected chi connectivity index (χ4v) is 2.46. The molecule has 96 valence electrons. The first-order chi connectivity index (χ1) is 8.74. The van der Waals surface area contributed by atoms with Gasteiger partial charge in [0.2, 0.25) is 0 Å². The van der Waals surface area contributed by atoms with Gasteiger partial charge < -0.3 is 15.2 Å². The van der Waals surface area contributed by atoms with Gasteiger partial charge in [-0.05, 0) is 36.0 Å². The van der Waals surface area contributed by atoms with E-state index in [4.69, 9.17) is 9.84 Å². The van der Waals surface area contributed by atoms with Crippen molar-refractivity contribution >= 4 is 5.97 Å². The molecule has 0 amide bonds. The molecule has 0 aromatic heterocycles. The van der Waals surface area contributed by atoms with E-state index in [0.29, 0.717) is 12.5 Å². The van der Waals surface area contributed by atoms with Gasteiger partial charge in [0, 0.05) is 13.0 Å². The Labute approximate surface area is 106 Å². The Morgan fingerprint density at radius 2 is 2.33 bits per heavy atom. The second-order valence-electron chi connectivity index (χ2n) is 5.07. The molecule has 1 atom stereocenters. The molecular formula is C14H17NO3. The van der Waals surface area contributed by atoms with E-state index in [1.807, 2.05) is 12.1 Å². The van der Waals surface area contributed by atoms with E-state index >= 15 is 0 Å². The lowest BCUT2D eigenvalue weighted by molar-refractivity contribution is -0.140. The Kier molecular flexibility index (Phi) is 2.96. The normalized spacial score (nSPS) is 19.1. The van der Waals surface area contributed by atoms with E-state index < -0.39 is 12.0 Å². The van der Waals surface area contributed by atoms with Gasteiger partial charge in [-0.15, -0.1) is 0 Å². The Hall–Kier alpha value is -1.55. The van der Waals surface area contributed by atoms with Gasteiger partial charge in [-0.2, -0.15) is 0 Å². The van der Waals surface area contributed by atoms with Crippen LogP contribution in [0.5, 0.6) is 5.75 Å². The van der Waals surface area contributed by atoms with Crippen molar-refractivity contribution in [1.29, 1.82) is 0 Å². The molecule has 0 saturated heterocycles. The SMILES string of the molecule is O=C(O)C(NCc1ccc2c(c1)CCO2)C1CC1. The topological polar surface area (TPSA) is 58.6 Å². The Morgan fingerprint density at radius 1 is 1.50 bits per heavy atom. The first kappa shape index (κ1) is 11.5. The first-order valence-electron chi connectivity index (χ1n) is 6.45. The van der Waals surface area contributed by atoms with Gasteiger partial charge in [0.15, 0.2) is 0 Å². The summed E-state index contributed by atoms with van der Waals surface area (Å²) >= 11 is 0. The summed E-state index contributed by atoms with van der Waals surface area (Å²) in [7, 11) is 0. The number of carbonyl (C=O) groups is 1. The standard InChI is InChI=1S/C14H17NO3/c16-14(17)13(10-2-3-10)15-8-9-1-4-12-11(7-9)5-6-18-12/h1,4,7,10,13,15H,2-3,5-6,8H2,(H,16,17). The second-order valence-corrected chi connectivity index (χ2v) is 5.07. The predicted octanol–water partition coefficient (Wildman–Crippen LogP) is 1.57. The van der Waals surface area contributed by atoms with Crippen molar-refractivity contribution < 1.29 is 14.6 Å². The third-order valence-electron chi connectivity index (χ3n) is 3.64. The number of hydrogen-bond donors (Lipinski definition) is 2. The minimum atomic E-state index is -0.734. The fourth-order valence-electron chi connectivity index (χ4n) is 2.46. The minimum absolute atomic E-state index is 0.320. The number of hydrogen-bond acceptors (Lipinski definition) is 3. The number of fused-ring (bicyclic) bond motifs is 1. The summed E-state index contributed by atoms with van der Waals surface area (Å²) in [4.78, 5) is 11.1. The maximum atomic E-state index is 11.1. The smallest absolute Gasteiger partial charge is 0.320 e. The van der Waals surface area contributed by atoms with Gasteiger partial charge >= 0.3 is 5.97 Å². The molecule has 1 fully saturated rings. The van der Waals surface area contributed by atoms with Crippen LogP contribution in [0.2, 0.25) is 0 Å². The molecule has 1 aromatic carbocycles. The van der Waals surface area contributed by atoms with Crippen LogP contribution in [0.25, 0.3) is 0 Å². The van der Waals surface area contributed by atoms with Crippen LogP contribution >= 0.6 is 0 Å². The summed E-state index contributed by atoms with van der Waals surface area (Å²) in [6, 6.07) is 5.70. The van der Waals surface area contributed by atoms with Crippen molar-refractivity contribution in [3.05, 3.63) is 29.3 Å². The summed E-state index contributed by atoms with van der Waals surface area (Å²) in [5.74, 6) is 0.554. The third kappa shape index (κ3) is 2.34. The van der Waals surface area contributed by atoms with E-state index in [9.17, 15) is 4.79 Å². The van der Waals surface area contributed by atoms with Crippen molar-refractivity contribution in [2.75, 3.05) is 6.61 Å². The average Bonchev–Trinajstić information content (AvgIpc) is 3.07. The van der Waals surface area contributed by atoms with Crippen LogP contribution < -0.4 is 10.1 Å². The summed E-state index contributed by atoms with van der Waals surface area (Å²) in [5, 5.41) is 12.3. The van der Waals surface area contributed by atoms with Gasteiger partial charge in [0.05, 0.1) is 6.61 Å². The maximum absolute atomic E-state index is 11.1. The van der Waals surface area contributed by atoms with E-state index in [2.05, 4.69) is 11.4 Å². The highest BCUT2D eigenvalue weighted by Gasteiger charge is 2.35. The molecule has 1 aliphatic carbocycles. The molecule has 0 bridgehead atoms. The zero-order valence-corrected chi connectivity index (χ0v) is 10.2. The quantitative estimate of drug-likeness (QED) is 0.829. The van der Waals surface area contributed by atoms with E-state index in [1.165, 1.54) is 5.56 Å². The van der Waals surface area contributed by atoms with Gasteiger partial charge in [-0.3, -0.25) is 4.79 Å². The van der Waals surface area contributed by atoms with Crippen molar-refractivity contribution in [3.8, 4) is 5.75 Å². The number of benzene rings is 1. The van der Waals surface area contributed by atoms with Gasteiger partial charge in [0.1, 0.15) is 11.8 Å². The highest BCUT2D eigenvalue weighted by atomic mass is 16.5. The number of aliphatic carboxylic acids is 1. The van der Waals surface area contributed by atoms with Crippen molar-refractivity contribution in [2.24, 2.45) is 5.92 Å². The van der Waals surface area contributed by atoms with Crippen LogP contribution in [0.1, 0.15) is 24.0 Å². The lowest BCUT2D eigenvalue weighted by atomic mass is 10.1. The van der Waals surface area contributed by atoms with Crippen LogP contribution in [0, 0.1) is 5.92 Å². The number of carboxylic acids is 1.